The fourth-order valence-electron chi connectivity index (χ4n) is 2.95. The zero-order chi connectivity index (χ0) is 13.3. The van der Waals surface area contributed by atoms with Crippen molar-refractivity contribution in [1.29, 1.82) is 0 Å². The Hall–Kier alpha value is -0.670. The maximum Gasteiger partial charge on any atom is 0.177 e. The largest absolute Gasteiger partial charge is 0.293 e. The molecule has 0 bridgehead atoms. The van der Waals surface area contributed by atoms with Crippen LogP contribution in [0.2, 0.25) is 0 Å². The van der Waals surface area contributed by atoms with Crippen molar-refractivity contribution in [1.82, 2.24) is 4.90 Å². The van der Waals surface area contributed by atoms with Crippen LogP contribution in [-0.4, -0.2) is 29.3 Å². The minimum absolute atomic E-state index is 0.289. The van der Waals surface area contributed by atoms with Crippen LogP contribution in [-0.2, 0) is 0 Å². The summed E-state index contributed by atoms with van der Waals surface area (Å²) in [5, 5.41) is 0. The highest BCUT2D eigenvalue weighted by Gasteiger charge is 2.27. The molecule has 0 aromatic carbocycles. The molecule has 0 spiro atoms. The number of aryl methyl sites for hydroxylation is 2. The van der Waals surface area contributed by atoms with Gasteiger partial charge in [-0.25, -0.2) is 0 Å². The van der Waals surface area contributed by atoms with Crippen LogP contribution in [0.3, 0.4) is 0 Å². The number of hydrogen-bond donors (Lipinski definition) is 0. The summed E-state index contributed by atoms with van der Waals surface area (Å²) in [5.74, 6) is 0.289. The average Bonchev–Trinajstić information content (AvgIpc) is 2.63. The van der Waals surface area contributed by atoms with Gasteiger partial charge in [0, 0.05) is 27.4 Å². The van der Waals surface area contributed by atoms with Gasteiger partial charge >= 0.3 is 0 Å². The molecule has 2 rings (SSSR count). The Balaban J connectivity index is 2.08. The van der Waals surface area contributed by atoms with E-state index in [4.69, 9.17) is 0 Å². The Morgan fingerprint density at radius 1 is 1.33 bits per heavy atom. The standard InChI is InChI=1S/C15H23NOS/c1-10-6-5-7-11(2)16(10)9-15(17)14-8-12(3)18-13(14)4/h8,10-11H,5-7,9H2,1-4H3. The third-order valence-corrected chi connectivity index (χ3v) is 5.01. The van der Waals surface area contributed by atoms with Gasteiger partial charge < -0.3 is 0 Å². The normalized spacial score (nSPS) is 25.3. The van der Waals surface area contributed by atoms with E-state index in [1.54, 1.807) is 11.3 Å². The Morgan fingerprint density at radius 2 is 1.94 bits per heavy atom. The number of thiophene rings is 1. The first-order chi connectivity index (χ1) is 8.49. The second kappa shape index (κ2) is 5.54. The predicted octanol–water partition coefficient (Wildman–Crippen LogP) is 3.81. The first-order valence-corrected chi connectivity index (χ1v) is 7.66. The zero-order valence-corrected chi connectivity index (χ0v) is 12.6. The van der Waals surface area contributed by atoms with Crippen molar-refractivity contribution < 1.29 is 4.79 Å². The monoisotopic (exact) mass is 265 g/mol. The van der Waals surface area contributed by atoms with Crippen molar-refractivity contribution in [2.45, 2.75) is 59.0 Å². The van der Waals surface area contributed by atoms with Gasteiger partial charge in [0.25, 0.3) is 0 Å². The summed E-state index contributed by atoms with van der Waals surface area (Å²) in [6, 6.07) is 3.12. The fraction of sp³-hybridized carbons (Fsp3) is 0.667. The summed E-state index contributed by atoms with van der Waals surface area (Å²) in [4.78, 5) is 17.2. The molecule has 2 nitrogen and oxygen atoms in total. The number of hydrogen-bond acceptors (Lipinski definition) is 3. The summed E-state index contributed by atoms with van der Waals surface area (Å²) in [7, 11) is 0. The molecule has 0 N–H and O–H groups in total. The maximum atomic E-state index is 12.4. The van der Waals surface area contributed by atoms with E-state index in [2.05, 4.69) is 25.7 Å². The SMILES string of the molecule is Cc1cc(C(=O)CN2C(C)CCCC2C)c(C)s1. The second-order valence-electron chi connectivity index (χ2n) is 5.55. The highest BCUT2D eigenvalue weighted by molar-refractivity contribution is 7.12. The first kappa shape index (κ1) is 13.8. The average molecular weight is 265 g/mol. The molecule has 1 aromatic heterocycles. The summed E-state index contributed by atoms with van der Waals surface area (Å²) in [6.07, 6.45) is 3.74. The van der Waals surface area contributed by atoms with Crippen LogP contribution in [0.5, 0.6) is 0 Å². The number of ketones is 1. The third-order valence-electron chi connectivity index (χ3n) is 4.04. The van der Waals surface area contributed by atoms with E-state index < -0.39 is 0 Å². The molecule has 100 valence electrons. The van der Waals surface area contributed by atoms with E-state index in [0.717, 1.165) is 10.4 Å². The molecule has 1 aliphatic rings. The number of likely N-dealkylation sites (tertiary alicyclic amines) is 1. The lowest BCUT2D eigenvalue weighted by molar-refractivity contribution is 0.0734. The smallest absolute Gasteiger partial charge is 0.177 e. The summed E-state index contributed by atoms with van der Waals surface area (Å²) >= 11 is 1.72. The van der Waals surface area contributed by atoms with Crippen molar-refractivity contribution in [2.75, 3.05) is 6.54 Å². The molecule has 18 heavy (non-hydrogen) atoms. The highest BCUT2D eigenvalue weighted by Crippen LogP contribution is 2.25. The van der Waals surface area contributed by atoms with Gasteiger partial charge in [-0.2, -0.15) is 0 Å². The Kier molecular flexibility index (Phi) is 4.23. The van der Waals surface area contributed by atoms with E-state index in [0.29, 0.717) is 18.6 Å². The predicted molar refractivity (Wildman–Crippen MR) is 77.6 cm³/mol. The molecular formula is C15H23NOS. The number of rotatable bonds is 3. The van der Waals surface area contributed by atoms with Crippen molar-refractivity contribution in [3.05, 3.63) is 21.4 Å². The number of nitrogens with zero attached hydrogens (tertiary/aromatic N) is 1. The van der Waals surface area contributed by atoms with Crippen molar-refractivity contribution in [3.63, 3.8) is 0 Å². The zero-order valence-electron chi connectivity index (χ0n) is 11.8. The lowest BCUT2D eigenvalue weighted by Gasteiger charge is -2.38. The van der Waals surface area contributed by atoms with Crippen molar-refractivity contribution in [3.8, 4) is 0 Å². The summed E-state index contributed by atoms with van der Waals surface area (Å²) < 4.78 is 0. The van der Waals surface area contributed by atoms with Gasteiger partial charge in [-0.05, 0) is 46.6 Å². The maximum absolute atomic E-state index is 12.4. The molecule has 1 fully saturated rings. The number of Topliss-reactive ketones (excluding diaryl/α,β-unsaturated/α-hetero) is 1. The molecule has 1 aromatic rings. The molecule has 3 heteroatoms. The van der Waals surface area contributed by atoms with Crippen LogP contribution in [0.15, 0.2) is 6.07 Å². The third kappa shape index (κ3) is 2.83. The van der Waals surface area contributed by atoms with Crippen LogP contribution >= 0.6 is 11.3 Å². The minimum Gasteiger partial charge on any atom is -0.293 e. The van der Waals surface area contributed by atoms with E-state index in [9.17, 15) is 4.79 Å². The van der Waals surface area contributed by atoms with E-state index in [-0.39, 0.29) is 5.78 Å². The molecule has 1 aliphatic heterocycles. The van der Waals surface area contributed by atoms with Gasteiger partial charge in [0.1, 0.15) is 0 Å². The van der Waals surface area contributed by atoms with Gasteiger partial charge in [0.15, 0.2) is 5.78 Å². The molecule has 0 radical (unpaired) electrons. The van der Waals surface area contributed by atoms with Crippen molar-refractivity contribution >= 4 is 17.1 Å². The quantitative estimate of drug-likeness (QED) is 0.775. The fourth-order valence-corrected chi connectivity index (χ4v) is 3.89. The first-order valence-electron chi connectivity index (χ1n) is 6.85. The molecule has 2 heterocycles. The Morgan fingerprint density at radius 3 is 2.44 bits per heavy atom. The van der Waals surface area contributed by atoms with Crippen LogP contribution < -0.4 is 0 Å². The van der Waals surface area contributed by atoms with Crippen LogP contribution in [0, 0.1) is 13.8 Å². The lowest BCUT2D eigenvalue weighted by atomic mass is 9.96. The molecule has 2 atom stereocenters. The Labute approximate surface area is 114 Å². The van der Waals surface area contributed by atoms with Gasteiger partial charge in [0.2, 0.25) is 0 Å². The van der Waals surface area contributed by atoms with Crippen LogP contribution in [0.25, 0.3) is 0 Å². The van der Waals surface area contributed by atoms with Crippen molar-refractivity contribution in [2.24, 2.45) is 0 Å². The second-order valence-corrected chi connectivity index (χ2v) is 7.01. The number of carbonyl (C=O) groups is 1. The van der Waals surface area contributed by atoms with Gasteiger partial charge in [-0.15, -0.1) is 11.3 Å². The minimum atomic E-state index is 0.289. The number of carbonyl (C=O) groups excluding carboxylic acids is 1. The van der Waals surface area contributed by atoms with E-state index in [1.807, 2.05) is 13.0 Å². The van der Waals surface area contributed by atoms with E-state index >= 15 is 0 Å². The van der Waals surface area contributed by atoms with Crippen LogP contribution in [0.4, 0.5) is 0 Å². The topological polar surface area (TPSA) is 20.3 Å². The molecule has 1 saturated heterocycles. The molecule has 0 saturated carbocycles. The van der Waals surface area contributed by atoms with E-state index in [1.165, 1.54) is 24.1 Å². The van der Waals surface area contributed by atoms with Gasteiger partial charge in [-0.1, -0.05) is 6.42 Å². The Bertz CT molecular complexity index is 428. The van der Waals surface area contributed by atoms with Crippen LogP contribution in [0.1, 0.15) is 53.2 Å². The lowest BCUT2D eigenvalue weighted by Crippen LogP contribution is -2.46. The highest BCUT2D eigenvalue weighted by atomic mass is 32.1. The summed E-state index contributed by atoms with van der Waals surface area (Å²) in [6.45, 7) is 9.19. The number of piperidine rings is 1. The van der Waals surface area contributed by atoms with Gasteiger partial charge in [0.05, 0.1) is 6.54 Å². The summed E-state index contributed by atoms with van der Waals surface area (Å²) in [5.41, 5.74) is 0.933. The molecule has 2 unspecified atom stereocenters. The molecule has 0 aliphatic carbocycles. The van der Waals surface area contributed by atoms with Gasteiger partial charge in [-0.3, -0.25) is 9.69 Å². The molecular weight excluding hydrogens is 242 g/mol. The molecule has 0 amide bonds.